The zero-order valence-electron chi connectivity index (χ0n) is 11.7. The Labute approximate surface area is 138 Å². The predicted octanol–water partition coefficient (Wildman–Crippen LogP) is 3.76. The zero-order chi connectivity index (χ0) is 17.0. The van der Waals surface area contributed by atoms with Gasteiger partial charge in [0.15, 0.2) is 4.67 Å². The molecule has 0 radical (unpaired) electrons. The van der Waals surface area contributed by atoms with Crippen molar-refractivity contribution in [1.29, 1.82) is 0 Å². The van der Waals surface area contributed by atoms with Crippen molar-refractivity contribution in [2.75, 3.05) is 12.4 Å². The summed E-state index contributed by atoms with van der Waals surface area (Å²) in [5, 5.41) is 2.21. The van der Waals surface area contributed by atoms with Gasteiger partial charge in [0, 0.05) is 12.1 Å². The molecule has 0 aliphatic carbocycles. The van der Waals surface area contributed by atoms with E-state index in [0.29, 0.717) is 16.5 Å². The third-order valence-corrected chi connectivity index (χ3v) is 3.14. The quantitative estimate of drug-likeness (QED) is 0.642. The SMILES string of the molecule is COC(=O)c1cc(NC(=O)/C=C/c2ccc(Br)o2)c(F)cc1F. The van der Waals surface area contributed by atoms with Gasteiger partial charge in [-0.05, 0) is 40.2 Å². The van der Waals surface area contributed by atoms with Gasteiger partial charge in [-0.3, -0.25) is 4.79 Å². The molecule has 0 aliphatic heterocycles. The Bertz CT molecular complexity index is 786. The van der Waals surface area contributed by atoms with Crippen LogP contribution in [0, 0.1) is 11.6 Å². The highest BCUT2D eigenvalue weighted by atomic mass is 79.9. The van der Waals surface area contributed by atoms with E-state index in [0.717, 1.165) is 19.3 Å². The zero-order valence-corrected chi connectivity index (χ0v) is 13.3. The summed E-state index contributed by atoms with van der Waals surface area (Å²) in [5.74, 6) is -3.35. The number of amides is 1. The maximum Gasteiger partial charge on any atom is 0.340 e. The summed E-state index contributed by atoms with van der Waals surface area (Å²) in [4.78, 5) is 23.1. The Hall–Kier alpha value is -2.48. The largest absolute Gasteiger partial charge is 0.465 e. The van der Waals surface area contributed by atoms with E-state index in [4.69, 9.17) is 4.42 Å². The van der Waals surface area contributed by atoms with Crippen molar-refractivity contribution in [3.05, 3.63) is 58.0 Å². The lowest BCUT2D eigenvalue weighted by Gasteiger charge is -2.07. The van der Waals surface area contributed by atoms with Crippen LogP contribution >= 0.6 is 15.9 Å². The molecule has 0 saturated carbocycles. The highest BCUT2D eigenvalue weighted by Crippen LogP contribution is 2.20. The van der Waals surface area contributed by atoms with E-state index in [1.807, 2.05) is 0 Å². The van der Waals surface area contributed by atoms with Gasteiger partial charge in [-0.25, -0.2) is 13.6 Å². The van der Waals surface area contributed by atoms with Gasteiger partial charge in [-0.15, -0.1) is 0 Å². The summed E-state index contributed by atoms with van der Waals surface area (Å²) >= 11 is 3.11. The molecule has 0 unspecified atom stereocenters. The fourth-order valence-corrected chi connectivity index (χ4v) is 1.98. The summed E-state index contributed by atoms with van der Waals surface area (Å²) in [7, 11) is 1.06. The lowest BCUT2D eigenvalue weighted by Crippen LogP contribution is -2.12. The van der Waals surface area contributed by atoms with Crippen LogP contribution in [0.25, 0.3) is 6.08 Å². The van der Waals surface area contributed by atoms with Crippen molar-refractivity contribution in [1.82, 2.24) is 0 Å². The summed E-state index contributed by atoms with van der Waals surface area (Å²) in [6.07, 6.45) is 2.47. The van der Waals surface area contributed by atoms with E-state index < -0.39 is 29.1 Å². The van der Waals surface area contributed by atoms with Gasteiger partial charge >= 0.3 is 5.97 Å². The van der Waals surface area contributed by atoms with Crippen molar-refractivity contribution in [2.24, 2.45) is 0 Å². The summed E-state index contributed by atoms with van der Waals surface area (Å²) in [5.41, 5.74) is -0.828. The number of hydrogen-bond acceptors (Lipinski definition) is 4. The molecule has 8 heteroatoms. The first-order valence-electron chi connectivity index (χ1n) is 6.22. The molecule has 1 aromatic carbocycles. The molecule has 0 bridgehead atoms. The molecule has 0 spiro atoms. The maximum absolute atomic E-state index is 13.7. The highest BCUT2D eigenvalue weighted by Gasteiger charge is 2.17. The number of carbonyl (C=O) groups is 2. The third-order valence-electron chi connectivity index (χ3n) is 2.71. The van der Waals surface area contributed by atoms with Crippen molar-refractivity contribution in [3.63, 3.8) is 0 Å². The topological polar surface area (TPSA) is 68.5 Å². The number of furan rings is 1. The summed E-state index contributed by atoms with van der Waals surface area (Å²) in [6.45, 7) is 0. The van der Waals surface area contributed by atoms with Crippen LogP contribution in [0.4, 0.5) is 14.5 Å². The van der Waals surface area contributed by atoms with Crippen LogP contribution in [0.3, 0.4) is 0 Å². The molecule has 1 amide bonds. The van der Waals surface area contributed by atoms with Gasteiger partial charge in [-0.1, -0.05) is 0 Å². The fourth-order valence-electron chi connectivity index (χ4n) is 1.66. The van der Waals surface area contributed by atoms with Crippen LogP contribution in [-0.4, -0.2) is 19.0 Å². The van der Waals surface area contributed by atoms with Gasteiger partial charge in [0.05, 0.1) is 18.4 Å². The Kier molecular flexibility index (Phi) is 5.28. The van der Waals surface area contributed by atoms with E-state index in [1.165, 1.54) is 6.08 Å². The number of ether oxygens (including phenoxy) is 1. The molecular formula is C15H10BrF2NO4. The first kappa shape index (κ1) is 16.9. The Morgan fingerprint density at radius 2 is 2.00 bits per heavy atom. The molecule has 5 nitrogen and oxygen atoms in total. The van der Waals surface area contributed by atoms with E-state index in [2.05, 4.69) is 26.0 Å². The van der Waals surface area contributed by atoms with Gasteiger partial charge in [0.25, 0.3) is 0 Å². The van der Waals surface area contributed by atoms with Crippen LogP contribution in [-0.2, 0) is 9.53 Å². The second-order valence-electron chi connectivity index (χ2n) is 4.27. The minimum atomic E-state index is -1.08. The second-order valence-corrected chi connectivity index (χ2v) is 5.05. The Balaban J connectivity index is 2.17. The van der Waals surface area contributed by atoms with Crippen molar-refractivity contribution in [2.45, 2.75) is 0 Å². The number of halogens is 3. The van der Waals surface area contributed by atoms with Crippen LogP contribution < -0.4 is 5.32 Å². The van der Waals surface area contributed by atoms with Gasteiger partial charge in [0.1, 0.15) is 17.4 Å². The summed E-state index contributed by atoms with van der Waals surface area (Å²) in [6, 6.07) is 4.61. The minimum Gasteiger partial charge on any atom is -0.465 e. The predicted molar refractivity (Wildman–Crippen MR) is 81.8 cm³/mol. The smallest absolute Gasteiger partial charge is 0.340 e. The van der Waals surface area contributed by atoms with Gasteiger partial charge in [0.2, 0.25) is 5.91 Å². The van der Waals surface area contributed by atoms with Crippen molar-refractivity contribution in [3.8, 4) is 0 Å². The molecule has 2 rings (SSSR count). The number of esters is 1. The van der Waals surface area contributed by atoms with Crippen molar-refractivity contribution < 1.29 is 27.5 Å². The molecule has 1 N–H and O–H groups in total. The van der Waals surface area contributed by atoms with Gasteiger partial charge in [-0.2, -0.15) is 0 Å². The molecule has 0 saturated heterocycles. The number of rotatable bonds is 4. The fraction of sp³-hybridized carbons (Fsp3) is 0.0667. The molecule has 0 aliphatic rings. The molecular weight excluding hydrogens is 376 g/mol. The highest BCUT2D eigenvalue weighted by molar-refractivity contribution is 9.10. The van der Waals surface area contributed by atoms with E-state index in [1.54, 1.807) is 12.1 Å². The lowest BCUT2D eigenvalue weighted by atomic mass is 10.1. The van der Waals surface area contributed by atoms with E-state index in [9.17, 15) is 18.4 Å². The number of anilines is 1. The van der Waals surface area contributed by atoms with E-state index in [-0.39, 0.29) is 5.69 Å². The Morgan fingerprint density at radius 3 is 2.61 bits per heavy atom. The molecule has 1 heterocycles. The molecule has 120 valence electrons. The van der Waals surface area contributed by atoms with Crippen LogP contribution in [0.1, 0.15) is 16.1 Å². The standard InChI is InChI=1S/C15H10BrF2NO4/c1-22-15(21)9-6-12(11(18)7-10(9)17)19-14(20)5-3-8-2-4-13(16)23-8/h2-7H,1H3,(H,19,20)/b5-3+. The van der Waals surface area contributed by atoms with Crippen LogP contribution in [0.5, 0.6) is 0 Å². The number of methoxy groups -OCH3 is 1. The first-order valence-corrected chi connectivity index (χ1v) is 7.01. The molecule has 23 heavy (non-hydrogen) atoms. The Morgan fingerprint density at radius 1 is 1.26 bits per heavy atom. The maximum atomic E-state index is 13.7. The normalized spacial score (nSPS) is 10.8. The number of hydrogen-bond donors (Lipinski definition) is 1. The average Bonchev–Trinajstić information content (AvgIpc) is 2.93. The van der Waals surface area contributed by atoms with Gasteiger partial charge < -0.3 is 14.5 Å². The second kappa shape index (κ2) is 7.19. The number of benzene rings is 1. The van der Waals surface area contributed by atoms with E-state index >= 15 is 0 Å². The monoisotopic (exact) mass is 385 g/mol. The molecule has 2 aromatic rings. The molecule has 1 aromatic heterocycles. The number of carbonyl (C=O) groups excluding carboxylic acids is 2. The molecule has 0 atom stereocenters. The van der Waals surface area contributed by atoms with Crippen LogP contribution in [0.15, 0.2) is 39.4 Å². The lowest BCUT2D eigenvalue weighted by molar-refractivity contribution is -0.111. The number of nitrogens with one attached hydrogen (secondary N) is 1. The first-order chi connectivity index (χ1) is 10.9. The van der Waals surface area contributed by atoms with Crippen molar-refractivity contribution >= 4 is 39.6 Å². The molecule has 0 fully saturated rings. The van der Waals surface area contributed by atoms with Crippen LogP contribution in [0.2, 0.25) is 0 Å². The third kappa shape index (κ3) is 4.26. The average molecular weight is 386 g/mol. The minimum absolute atomic E-state index is 0.345. The summed E-state index contributed by atoms with van der Waals surface area (Å²) < 4.78 is 37.2.